The Bertz CT molecular complexity index is 841. The Balaban J connectivity index is 1.78. The number of hydrogen-bond acceptors (Lipinski definition) is 2. The Hall–Kier alpha value is -2.33. The summed E-state index contributed by atoms with van der Waals surface area (Å²) in [6.45, 7) is 9.28. The molecule has 0 saturated heterocycles. The molecule has 2 amide bonds. The normalized spacial score (nSPS) is 15.6. The number of rotatable bonds is 7. The van der Waals surface area contributed by atoms with E-state index in [1.54, 1.807) is 0 Å². The number of hydrogen-bond donors (Lipinski definition) is 3. The second kappa shape index (κ2) is 9.65. The molecule has 3 N–H and O–H groups in total. The van der Waals surface area contributed by atoms with Crippen LogP contribution in [0.3, 0.4) is 0 Å². The summed E-state index contributed by atoms with van der Waals surface area (Å²) in [7, 11) is 0. The molecule has 4 nitrogen and oxygen atoms in total. The highest BCUT2D eigenvalue weighted by Gasteiger charge is 2.36. The SMILES string of the molecule is CC(C)c1cccc(C(C)C)c1NC(=O)NCC1(c2cccc(CO)c2)CCCC1. The largest absolute Gasteiger partial charge is 0.392 e. The number of nitrogens with one attached hydrogen (secondary N) is 2. The number of anilines is 1. The van der Waals surface area contributed by atoms with Crippen molar-refractivity contribution >= 4 is 11.7 Å². The van der Waals surface area contributed by atoms with E-state index in [-0.39, 0.29) is 18.1 Å². The van der Waals surface area contributed by atoms with Gasteiger partial charge in [-0.1, -0.05) is 83.0 Å². The van der Waals surface area contributed by atoms with Crippen LogP contribution < -0.4 is 10.6 Å². The first-order valence-corrected chi connectivity index (χ1v) is 11.2. The number of urea groups is 1. The van der Waals surface area contributed by atoms with Crippen LogP contribution in [0, 0.1) is 0 Å². The minimum absolute atomic E-state index is 0.0435. The molecule has 0 atom stereocenters. The molecule has 30 heavy (non-hydrogen) atoms. The first kappa shape index (κ1) is 22.4. The molecule has 2 aromatic rings. The van der Waals surface area contributed by atoms with Crippen molar-refractivity contribution in [3.8, 4) is 0 Å². The molecule has 1 saturated carbocycles. The van der Waals surface area contributed by atoms with E-state index < -0.39 is 0 Å². The lowest BCUT2D eigenvalue weighted by Gasteiger charge is -2.30. The van der Waals surface area contributed by atoms with Crippen LogP contribution in [0.25, 0.3) is 0 Å². The van der Waals surface area contributed by atoms with E-state index in [1.165, 1.54) is 29.5 Å². The number of aliphatic hydroxyl groups excluding tert-OH is 1. The van der Waals surface area contributed by atoms with E-state index in [1.807, 2.05) is 12.1 Å². The van der Waals surface area contributed by atoms with E-state index >= 15 is 0 Å². The van der Waals surface area contributed by atoms with Crippen LogP contribution in [-0.2, 0) is 12.0 Å². The van der Waals surface area contributed by atoms with Crippen molar-refractivity contribution in [3.05, 3.63) is 64.7 Å². The minimum Gasteiger partial charge on any atom is -0.392 e. The molecule has 4 heteroatoms. The molecule has 0 unspecified atom stereocenters. The van der Waals surface area contributed by atoms with E-state index in [0.29, 0.717) is 18.4 Å². The van der Waals surface area contributed by atoms with Crippen molar-refractivity contribution in [1.29, 1.82) is 0 Å². The van der Waals surface area contributed by atoms with Crippen LogP contribution in [0.1, 0.15) is 87.5 Å². The summed E-state index contributed by atoms with van der Waals surface area (Å²) < 4.78 is 0. The van der Waals surface area contributed by atoms with Gasteiger partial charge in [-0.05, 0) is 46.9 Å². The Morgan fingerprint density at radius 1 is 1.00 bits per heavy atom. The van der Waals surface area contributed by atoms with Gasteiger partial charge in [-0.3, -0.25) is 0 Å². The van der Waals surface area contributed by atoms with Gasteiger partial charge in [0.15, 0.2) is 0 Å². The molecule has 0 spiro atoms. The van der Waals surface area contributed by atoms with Gasteiger partial charge in [0.05, 0.1) is 6.61 Å². The average Bonchev–Trinajstić information content (AvgIpc) is 3.22. The lowest BCUT2D eigenvalue weighted by Crippen LogP contribution is -2.41. The maximum Gasteiger partial charge on any atom is 0.319 e. The number of carbonyl (C=O) groups is 1. The summed E-state index contributed by atoms with van der Waals surface area (Å²) in [6, 6.07) is 14.3. The molecule has 0 aromatic heterocycles. The van der Waals surface area contributed by atoms with Crippen molar-refractivity contribution in [3.63, 3.8) is 0 Å². The average molecular weight is 409 g/mol. The Kier molecular flexibility index (Phi) is 7.19. The van der Waals surface area contributed by atoms with Crippen molar-refractivity contribution in [2.75, 3.05) is 11.9 Å². The highest BCUT2D eigenvalue weighted by molar-refractivity contribution is 5.91. The lowest BCUT2D eigenvalue weighted by atomic mass is 9.78. The molecule has 162 valence electrons. The second-order valence-corrected chi connectivity index (χ2v) is 9.27. The van der Waals surface area contributed by atoms with E-state index in [0.717, 1.165) is 24.1 Å². The van der Waals surface area contributed by atoms with Crippen LogP contribution in [0.4, 0.5) is 10.5 Å². The molecule has 0 radical (unpaired) electrons. The van der Waals surface area contributed by atoms with Crippen molar-refractivity contribution in [1.82, 2.24) is 5.32 Å². The van der Waals surface area contributed by atoms with Crippen molar-refractivity contribution < 1.29 is 9.90 Å². The van der Waals surface area contributed by atoms with Gasteiger partial charge in [-0.15, -0.1) is 0 Å². The molecule has 0 aliphatic heterocycles. The molecule has 0 bridgehead atoms. The molecule has 1 fully saturated rings. The third-order valence-electron chi connectivity index (χ3n) is 6.48. The monoisotopic (exact) mass is 408 g/mol. The zero-order valence-electron chi connectivity index (χ0n) is 18.8. The third-order valence-corrected chi connectivity index (χ3v) is 6.48. The van der Waals surface area contributed by atoms with Crippen LogP contribution in [0.2, 0.25) is 0 Å². The van der Waals surface area contributed by atoms with Crippen LogP contribution in [0.15, 0.2) is 42.5 Å². The van der Waals surface area contributed by atoms with Gasteiger partial charge in [0.2, 0.25) is 0 Å². The van der Waals surface area contributed by atoms with Crippen LogP contribution in [-0.4, -0.2) is 17.7 Å². The van der Waals surface area contributed by atoms with E-state index in [9.17, 15) is 9.90 Å². The quantitative estimate of drug-likeness (QED) is 0.521. The first-order valence-electron chi connectivity index (χ1n) is 11.2. The van der Waals surface area contributed by atoms with Crippen molar-refractivity contribution in [2.24, 2.45) is 0 Å². The molecule has 2 aromatic carbocycles. The number of benzene rings is 2. The number of aliphatic hydroxyl groups is 1. The maximum atomic E-state index is 13.0. The van der Waals surface area contributed by atoms with E-state index in [2.05, 4.69) is 68.7 Å². The highest BCUT2D eigenvalue weighted by atomic mass is 16.3. The Morgan fingerprint density at radius 3 is 2.17 bits per heavy atom. The first-order chi connectivity index (χ1) is 14.4. The zero-order valence-corrected chi connectivity index (χ0v) is 18.8. The maximum absolute atomic E-state index is 13.0. The summed E-state index contributed by atoms with van der Waals surface area (Å²) in [5.74, 6) is 0.669. The van der Waals surface area contributed by atoms with Gasteiger partial charge in [0.1, 0.15) is 0 Å². The van der Waals surface area contributed by atoms with Crippen LogP contribution in [0.5, 0.6) is 0 Å². The van der Waals surface area contributed by atoms with Gasteiger partial charge >= 0.3 is 6.03 Å². The number of amides is 2. The van der Waals surface area contributed by atoms with Gasteiger partial charge in [-0.25, -0.2) is 4.79 Å². The number of carbonyl (C=O) groups excluding carboxylic acids is 1. The molecule has 1 aliphatic carbocycles. The Morgan fingerprint density at radius 2 is 1.60 bits per heavy atom. The molecular formula is C26H36N2O2. The summed E-state index contributed by atoms with van der Waals surface area (Å²) >= 11 is 0. The summed E-state index contributed by atoms with van der Waals surface area (Å²) in [6.07, 6.45) is 4.45. The fourth-order valence-corrected chi connectivity index (χ4v) is 4.72. The number of para-hydroxylation sites is 1. The van der Waals surface area contributed by atoms with Crippen LogP contribution >= 0.6 is 0 Å². The van der Waals surface area contributed by atoms with Gasteiger partial charge < -0.3 is 15.7 Å². The third kappa shape index (κ3) is 4.86. The predicted octanol–water partition coefficient (Wildman–Crippen LogP) is 6.06. The van der Waals surface area contributed by atoms with Crippen molar-refractivity contribution in [2.45, 2.75) is 77.2 Å². The molecule has 1 aliphatic rings. The summed E-state index contributed by atoms with van der Waals surface area (Å²) in [5, 5.41) is 15.9. The van der Waals surface area contributed by atoms with Gasteiger partial charge in [0, 0.05) is 17.6 Å². The standard InChI is InChI=1S/C26H36N2O2/c1-18(2)22-11-8-12-23(19(3)4)24(22)28-25(30)27-17-26(13-5-6-14-26)21-10-7-9-20(15-21)16-29/h7-12,15,18-19,29H,5-6,13-14,16-17H2,1-4H3,(H2,27,28,30). The predicted molar refractivity (Wildman–Crippen MR) is 124 cm³/mol. The molecule has 3 rings (SSSR count). The molecular weight excluding hydrogens is 372 g/mol. The smallest absolute Gasteiger partial charge is 0.319 e. The summed E-state index contributed by atoms with van der Waals surface area (Å²) in [4.78, 5) is 13.0. The molecule has 0 heterocycles. The topological polar surface area (TPSA) is 61.4 Å². The Labute approximate surface area is 181 Å². The summed E-state index contributed by atoms with van der Waals surface area (Å²) in [5.41, 5.74) is 5.38. The lowest BCUT2D eigenvalue weighted by molar-refractivity contribution is 0.248. The van der Waals surface area contributed by atoms with Gasteiger partial charge in [0.25, 0.3) is 0 Å². The second-order valence-electron chi connectivity index (χ2n) is 9.27. The minimum atomic E-state index is -0.144. The zero-order chi connectivity index (χ0) is 21.7. The highest BCUT2D eigenvalue weighted by Crippen LogP contribution is 2.41. The fourth-order valence-electron chi connectivity index (χ4n) is 4.72. The fraction of sp³-hybridized carbons (Fsp3) is 0.500. The van der Waals surface area contributed by atoms with E-state index in [4.69, 9.17) is 0 Å². The van der Waals surface area contributed by atoms with Gasteiger partial charge in [-0.2, -0.15) is 0 Å².